The molecule has 8 heteroatoms. The standard InChI is InChI=1S/C20H23N3O5/c1-27-18-5-2-4-15(12-18)13-22(14-19-6-3-11-28-19)20(24)21-16-7-9-17(10-8-16)23(25)26/h2,4-5,7-10,12,19H,3,6,11,13-14H2,1H3,(H,21,24). The van der Waals surface area contributed by atoms with E-state index in [0.29, 0.717) is 25.4 Å². The number of nitro groups is 1. The predicted octanol–water partition coefficient (Wildman–Crippen LogP) is 3.82. The first-order valence-corrected chi connectivity index (χ1v) is 9.10. The van der Waals surface area contributed by atoms with Gasteiger partial charge in [-0.3, -0.25) is 10.1 Å². The summed E-state index contributed by atoms with van der Waals surface area (Å²) in [7, 11) is 1.60. The summed E-state index contributed by atoms with van der Waals surface area (Å²) >= 11 is 0. The number of carbonyl (C=O) groups excluding carboxylic acids is 1. The van der Waals surface area contributed by atoms with E-state index in [1.807, 2.05) is 24.3 Å². The Morgan fingerprint density at radius 1 is 1.32 bits per heavy atom. The molecule has 1 aliphatic heterocycles. The molecule has 0 aliphatic carbocycles. The van der Waals surface area contributed by atoms with E-state index in [0.717, 1.165) is 24.2 Å². The number of hydrogen-bond acceptors (Lipinski definition) is 5. The van der Waals surface area contributed by atoms with Crippen molar-refractivity contribution in [3.63, 3.8) is 0 Å². The van der Waals surface area contributed by atoms with Crippen LogP contribution in [-0.2, 0) is 11.3 Å². The van der Waals surface area contributed by atoms with Gasteiger partial charge >= 0.3 is 6.03 Å². The first-order valence-electron chi connectivity index (χ1n) is 9.10. The third-order valence-electron chi connectivity index (χ3n) is 4.57. The third-order valence-corrected chi connectivity index (χ3v) is 4.57. The average Bonchev–Trinajstić information content (AvgIpc) is 3.21. The van der Waals surface area contributed by atoms with Crippen molar-refractivity contribution in [3.8, 4) is 5.75 Å². The van der Waals surface area contributed by atoms with Gasteiger partial charge in [-0.25, -0.2) is 4.79 Å². The molecule has 1 unspecified atom stereocenters. The van der Waals surface area contributed by atoms with Crippen LogP contribution < -0.4 is 10.1 Å². The van der Waals surface area contributed by atoms with E-state index in [2.05, 4.69) is 5.32 Å². The minimum absolute atomic E-state index is 0.00761. The number of methoxy groups -OCH3 is 1. The largest absolute Gasteiger partial charge is 0.497 e. The van der Waals surface area contributed by atoms with Crippen molar-refractivity contribution < 1.29 is 19.2 Å². The second kappa shape index (κ2) is 9.18. The van der Waals surface area contributed by atoms with Gasteiger partial charge in [-0.1, -0.05) is 12.1 Å². The van der Waals surface area contributed by atoms with Crippen LogP contribution in [0.15, 0.2) is 48.5 Å². The lowest BCUT2D eigenvalue weighted by Gasteiger charge is -2.26. The SMILES string of the molecule is COc1cccc(CN(CC2CCCO2)C(=O)Nc2ccc([N+](=O)[O-])cc2)c1. The highest BCUT2D eigenvalue weighted by atomic mass is 16.6. The molecular formula is C20H23N3O5. The van der Waals surface area contributed by atoms with Crippen LogP contribution in [0.4, 0.5) is 16.2 Å². The Hall–Kier alpha value is -3.13. The van der Waals surface area contributed by atoms with Gasteiger partial charge in [0.05, 0.1) is 18.1 Å². The molecule has 0 saturated carbocycles. The van der Waals surface area contributed by atoms with E-state index < -0.39 is 4.92 Å². The molecule has 1 fully saturated rings. The van der Waals surface area contributed by atoms with Gasteiger partial charge in [0, 0.05) is 37.5 Å². The van der Waals surface area contributed by atoms with Gasteiger partial charge in [-0.15, -0.1) is 0 Å². The number of ether oxygens (including phenoxy) is 2. The van der Waals surface area contributed by atoms with Crippen molar-refractivity contribution >= 4 is 17.4 Å². The molecule has 1 N–H and O–H groups in total. The van der Waals surface area contributed by atoms with Crippen LogP contribution in [0.25, 0.3) is 0 Å². The van der Waals surface area contributed by atoms with Crippen LogP contribution in [0, 0.1) is 10.1 Å². The molecule has 2 amide bonds. The highest BCUT2D eigenvalue weighted by Gasteiger charge is 2.23. The van der Waals surface area contributed by atoms with Crippen LogP contribution >= 0.6 is 0 Å². The zero-order valence-corrected chi connectivity index (χ0v) is 15.7. The van der Waals surface area contributed by atoms with Gasteiger partial charge in [-0.2, -0.15) is 0 Å². The summed E-state index contributed by atoms with van der Waals surface area (Å²) in [4.78, 5) is 24.9. The Balaban J connectivity index is 1.72. The molecule has 1 heterocycles. The smallest absolute Gasteiger partial charge is 0.322 e. The Labute approximate surface area is 163 Å². The summed E-state index contributed by atoms with van der Waals surface area (Å²) in [5.74, 6) is 0.727. The monoisotopic (exact) mass is 385 g/mol. The molecule has 28 heavy (non-hydrogen) atoms. The Morgan fingerprint density at radius 2 is 2.11 bits per heavy atom. The highest BCUT2D eigenvalue weighted by Crippen LogP contribution is 2.20. The number of hydrogen-bond donors (Lipinski definition) is 1. The normalized spacial score (nSPS) is 15.8. The van der Waals surface area contributed by atoms with Gasteiger partial charge in [-0.05, 0) is 42.7 Å². The summed E-state index contributed by atoms with van der Waals surface area (Å²) in [5, 5.41) is 13.6. The molecule has 0 aromatic heterocycles. The molecule has 0 spiro atoms. The number of nitrogens with one attached hydrogen (secondary N) is 1. The van der Waals surface area contributed by atoms with Gasteiger partial charge in [0.25, 0.3) is 5.69 Å². The van der Waals surface area contributed by atoms with Crippen molar-refractivity contribution in [1.82, 2.24) is 4.90 Å². The van der Waals surface area contributed by atoms with Crippen LogP contribution in [-0.4, -0.2) is 42.2 Å². The molecule has 2 aromatic rings. The zero-order chi connectivity index (χ0) is 19.9. The van der Waals surface area contributed by atoms with Crippen LogP contribution in [0.3, 0.4) is 0 Å². The fourth-order valence-electron chi connectivity index (χ4n) is 3.11. The second-order valence-electron chi connectivity index (χ2n) is 6.60. The summed E-state index contributed by atoms with van der Waals surface area (Å²) in [6, 6.07) is 13.0. The van der Waals surface area contributed by atoms with Crippen molar-refractivity contribution in [3.05, 3.63) is 64.2 Å². The maximum atomic E-state index is 12.9. The average molecular weight is 385 g/mol. The summed E-state index contributed by atoms with van der Waals surface area (Å²) in [6.07, 6.45) is 1.91. The van der Waals surface area contributed by atoms with Crippen molar-refractivity contribution in [2.45, 2.75) is 25.5 Å². The Kier molecular flexibility index (Phi) is 6.44. The lowest BCUT2D eigenvalue weighted by atomic mass is 10.1. The second-order valence-corrected chi connectivity index (χ2v) is 6.60. The summed E-state index contributed by atoms with van der Waals surface area (Å²) in [6.45, 7) is 1.58. The third kappa shape index (κ3) is 5.20. The van der Waals surface area contributed by atoms with Crippen molar-refractivity contribution in [2.24, 2.45) is 0 Å². The predicted molar refractivity (Wildman–Crippen MR) is 104 cm³/mol. The number of nitro benzene ring substituents is 1. The molecule has 2 aromatic carbocycles. The van der Waals surface area contributed by atoms with Crippen LogP contribution in [0.5, 0.6) is 5.75 Å². The van der Waals surface area contributed by atoms with Gasteiger partial charge in [0.2, 0.25) is 0 Å². The molecule has 0 bridgehead atoms. The number of rotatable bonds is 7. The van der Waals surface area contributed by atoms with E-state index in [1.165, 1.54) is 24.3 Å². The highest BCUT2D eigenvalue weighted by molar-refractivity contribution is 5.89. The topological polar surface area (TPSA) is 93.9 Å². The van der Waals surface area contributed by atoms with Crippen molar-refractivity contribution in [2.75, 3.05) is 25.6 Å². The molecule has 148 valence electrons. The molecule has 1 aliphatic rings. The lowest BCUT2D eigenvalue weighted by molar-refractivity contribution is -0.384. The number of benzene rings is 2. The number of non-ortho nitro benzene ring substituents is 1. The van der Waals surface area contributed by atoms with Gasteiger partial charge in [0.15, 0.2) is 0 Å². The molecule has 3 rings (SSSR count). The van der Waals surface area contributed by atoms with Crippen LogP contribution in [0.2, 0.25) is 0 Å². The molecule has 1 atom stereocenters. The van der Waals surface area contributed by atoms with Gasteiger partial charge in [0.1, 0.15) is 5.75 Å². The zero-order valence-electron chi connectivity index (χ0n) is 15.7. The van der Waals surface area contributed by atoms with Crippen LogP contribution in [0.1, 0.15) is 18.4 Å². The Morgan fingerprint density at radius 3 is 2.75 bits per heavy atom. The lowest BCUT2D eigenvalue weighted by Crippen LogP contribution is -2.39. The van der Waals surface area contributed by atoms with E-state index in [-0.39, 0.29) is 17.8 Å². The molecule has 1 saturated heterocycles. The minimum Gasteiger partial charge on any atom is -0.497 e. The number of anilines is 1. The number of urea groups is 1. The maximum Gasteiger partial charge on any atom is 0.322 e. The molecular weight excluding hydrogens is 362 g/mol. The van der Waals surface area contributed by atoms with Crippen molar-refractivity contribution in [1.29, 1.82) is 0 Å². The first kappa shape index (κ1) is 19.6. The molecule has 8 nitrogen and oxygen atoms in total. The Bertz CT molecular complexity index is 819. The number of nitrogens with zero attached hydrogens (tertiary/aromatic N) is 2. The maximum absolute atomic E-state index is 12.9. The fraction of sp³-hybridized carbons (Fsp3) is 0.350. The van der Waals surface area contributed by atoms with E-state index in [4.69, 9.17) is 9.47 Å². The summed E-state index contributed by atoms with van der Waals surface area (Å²) in [5.41, 5.74) is 1.42. The summed E-state index contributed by atoms with van der Waals surface area (Å²) < 4.78 is 10.9. The fourth-order valence-corrected chi connectivity index (χ4v) is 3.11. The number of carbonyl (C=O) groups is 1. The first-order chi connectivity index (χ1) is 13.5. The van der Waals surface area contributed by atoms with E-state index in [9.17, 15) is 14.9 Å². The number of amides is 2. The quantitative estimate of drug-likeness (QED) is 0.578. The van der Waals surface area contributed by atoms with Gasteiger partial charge < -0.3 is 19.7 Å². The van der Waals surface area contributed by atoms with E-state index >= 15 is 0 Å². The minimum atomic E-state index is -0.474. The van der Waals surface area contributed by atoms with E-state index in [1.54, 1.807) is 12.0 Å². The molecule has 0 radical (unpaired) electrons.